The lowest BCUT2D eigenvalue weighted by molar-refractivity contribution is -0.121. The maximum absolute atomic E-state index is 11.9. The average molecular weight is 257 g/mol. The summed E-state index contributed by atoms with van der Waals surface area (Å²) in [5.74, 6) is 1.26. The molecule has 1 amide bonds. The third-order valence-electron chi connectivity index (χ3n) is 2.91. The molecule has 1 N–H and O–H groups in total. The van der Waals surface area contributed by atoms with Crippen LogP contribution in [0.3, 0.4) is 0 Å². The summed E-state index contributed by atoms with van der Waals surface area (Å²) < 4.78 is 1.89. The fraction of sp³-hybridized carbons (Fsp3) is 0.333. The highest BCUT2D eigenvalue weighted by molar-refractivity contribution is 5.75. The topological polar surface area (TPSA) is 46.9 Å². The zero-order valence-corrected chi connectivity index (χ0v) is 11.3. The molecular formula is C15H19N3O. The summed E-state index contributed by atoms with van der Waals surface area (Å²) in [6, 6.07) is 9.89. The van der Waals surface area contributed by atoms with Crippen LogP contribution in [0.15, 0.2) is 42.7 Å². The van der Waals surface area contributed by atoms with Gasteiger partial charge in [0.1, 0.15) is 12.4 Å². The van der Waals surface area contributed by atoms with Crippen molar-refractivity contribution in [2.45, 2.75) is 32.9 Å². The van der Waals surface area contributed by atoms with Crippen molar-refractivity contribution in [3.05, 3.63) is 54.1 Å². The third-order valence-corrected chi connectivity index (χ3v) is 2.91. The smallest absolute Gasteiger partial charge is 0.240 e. The van der Waals surface area contributed by atoms with Gasteiger partial charge in [-0.1, -0.05) is 44.2 Å². The Morgan fingerprint density at radius 1 is 1.32 bits per heavy atom. The van der Waals surface area contributed by atoms with Crippen molar-refractivity contribution in [1.29, 1.82) is 0 Å². The molecule has 1 aromatic heterocycles. The number of benzene rings is 1. The van der Waals surface area contributed by atoms with Gasteiger partial charge in [0.25, 0.3) is 0 Å². The standard InChI is InChI=1S/C15H19N3O/c1-12(2)15-16-8-9-18(15)11-14(19)17-10-13-6-4-3-5-7-13/h3-9,12H,10-11H2,1-2H3,(H,17,19). The van der Waals surface area contributed by atoms with E-state index in [4.69, 9.17) is 0 Å². The first kappa shape index (κ1) is 13.3. The highest BCUT2D eigenvalue weighted by atomic mass is 16.1. The Morgan fingerprint density at radius 3 is 2.74 bits per heavy atom. The van der Waals surface area contributed by atoms with Gasteiger partial charge in [0.2, 0.25) is 5.91 Å². The van der Waals surface area contributed by atoms with E-state index < -0.39 is 0 Å². The van der Waals surface area contributed by atoms with Crippen LogP contribution in [-0.2, 0) is 17.9 Å². The summed E-state index contributed by atoms with van der Waals surface area (Å²) in [4.78, 5) is 16.2. The molecule has 1 aromatic carbocycles. The van der Waals surface area contributed by atoms with E-state index in [-0.39, 0.29) is 5.91 Å². The van der Waals surface area contributed by atoms with Crippen LogP contribution in [0.4, 0.5) is 0 Å². The second-order valence-electron chi connectivity index (χ2n) is 4.83. The molecule has 2 aromatic rings. The molecule has 4 heteroatoms. The highest BCUT2D eigenvalue weighted by Crippen LogP contribution is 2.11. The van der Waals surface area contributed by atoms with Crippen molar-refractivity contribution in [2.24, 2.45) is 0 Å². The lowest BCUT2D eigenvalue weighted by atomic mass is 10.2. The minimum absolute atomic E-state index is 0.00348. The number of nitrogens with zero attached hydrogens (tertiary/aromatic N) is 2. The van der Waals surface area contributed by atoms with Gasteiger partial charge in [0.15, 0.2) is 0 Å². The Bertz CT molecular complexity index is 531. The number of hydrogen-bond donors (Lipinski definition) is 1. The molecule has 100 valence electrons. The summed E-state index contributed by atoms with van der Waals surface area (Å²) in [6.07, 6.45) is 3.58. The largest absolute Gasteiger partial charge is 0.350 e. The Hall–Kier alpha value is -2.10. The zero-order valence-electron chi connectivity index (χ0n) is 11.3. The van der Waals surface area contributed by atoms with Gasteiger partial charge in [-0.3, -0.25) is 4.79 Å². The van der Waals surface area contributed by atoms with Crippen molar-refractivity contribution in [3.8, 4) is 0 Å². The number of carbonyl (C=O) groups excluding carboxylic acids is 1. The van der Waals surface area contributed by atoms with Crippen molar-refractivity contribution in [3.63, 3.8) is 0 Å². The molecule has 0 saturated carbocycles. The molecular weight excluding hydrogens is 238 g/mol. The summed E-state index contributed by atoms with van der Waals surface area (Å²) in [5.41, 5.74) is 1.10. The summed E-state index contributed by atoms with van der Waals surface area (Å²) >= 11 is 0. The average Bonchev–Trinajstić information content (AvgIpc) is 2.86. The molecule has 2 rings (SSSR count). The molecule has 0 atom stereocenters. The lowest BCUT2D eigenvalue weighted by Gasteiger charge is -2.10. The van der Waals surface area contributed by atoms with Crippen LogP contribution in [0.2, 0.25) is 0 Å². The molecule has 0 radical (unpaired) electrons. The first-order chi connectivity index (χ1) is 9.16. The highest BCUT2D eigenvalue weighted by Gasteiger charge is 2.10. The second kappa shape index (κ2) is 6.18. The van der Waals surface area contributed by atoms with Crippen molar-refractivity contribution in [1.82, 2.24) is 14.9 Å². The van der Waals surface area contributed by atoms with Crippen molar-refractivity contribution < 1.29 is 4.79 Å². The van der Waals surface area contributed by atoms with E-state index in [1.807, 2.05) is 41.1 Å². The van der Waals surface area contributed by atoms with Crippen LogP contribution in [-0.4, -0.2) is 15.5 Å². The van der Waals surface area contributed by atoms with Gasteiger partial charge in [-0.25, -0.2) is 4.98 Å². The summed E-state index contributed by atoms with van der Waals surface area (Å²) in [6.45, 7) is 5.02. The molecule has 0 bridgehead atoms. The number of hydrogen-bond acceptors (Lipinski definition) is 2. The van der Waals surface area contributed by atoms with Gasteiger partial charge in [0, 0.05) is 24.9 Å². The van der Waals surface area contributed by atoms with E-state index in [0.717, 1.165) is 11.4 Å². The van der Waals surface area contributed by atoms with Crippen LogP contribution in [0.1, 0.15) is 31.2 Å². The van der Waals surface area contributed by atoms with Crippen LogP contribution in [0.25, 0.3) is 0 Å². The van der Waals surface area contributed by atoms with Gasteiger partial charge in [-0.15, -0.1) is 0 Å². The van der Waals surface area contributed by atoms with Crippen LogP contribution in [0, 0.1) is 0 Å². The Balaban J connectivity index is 1.89. The first-order valence-electron chi connectivity index (χ1n) is 6.48. The predicted molar refractivity (Wildman–Crippen MR) is 74.6 cm³/mol. The van der Waals surface area contributed by atoms with Gasteiger partial charge in [-0.2, -0.15) is 0 Å². The number of imidazole rings is 1. The fourth-order valence-corrected chi connectivity index (χ4v) is 1.96. The molecule has 4 nitrogen and oxygen atoms in total. The molecule has 0 aliphatic carbocycles. The summed E-state index contributed by atoms with van der Waals surface area (Å²) in [7, 11) is 0. The number of amides is 1. The molecule has 0 saturated heterocycles. The van der Waals surface area contributed by atoms with E-state index in [2.05, 4.69) is 24.1 Å². The number of carbonyl (C=O) groups is 1. The van der Waals surface area contributed by atoms with Crippen LogP contribution in [0.5, 0.6) is 0 Å². The van der Waals surface area contributed by atoms with Crippen LogP contribution < -0.4 is 5.32 Å². The fourth-order valence-electron chi connectivity index (χ4n) is 1.96. The second-order valence-corrected chi connectivity index (χ2v) is 4.83. The van der Waals surface area contributed by atoms with Gasteiger partial charge < -0.3 is 9.88 Å². The minimum Gasteiger partial charge on any atom is -0.350 e. The normalized spacial score (nSPS) is 10.7. The SMILES string of the molecule is CC(C)c1nccn1CC(=O)NCc1ccccc1. The predicted octanol–water partition coefficient (Wildman–Crippen LogP) is 2.32. The molecule has 0 aliphatic rings. The Labute approximate surface area is 113 Å². The van der Waals surface area contributed by atoms with Crippen LogP contribution >= 0.6 is 0 Å². The summed E-state index contributed by atoms with van der Waals surface area (Å²) in [5, 5.41) is 2.92. The maximum atomic E-state index is 11.9. The monoisotopic (exact) mass is 257 g/mol. The molecule has 0 fully saturated rings. The van der Waals surface area contributed by atoms with E-state index in [1.54, 1.807) is 6.20 Å². The number of rotatable bonds is 5. The first-order valence-corrected chi connectivity index (χ1v) is 6.48. The molecule has 1 heterocycles. The van der Waals surface area contributed by atoms with E-state index in [0.29, 0.717) is 19.0 Å². The van der Waals surface area contributed by atoms with E-state index in [1.165, 1.54) is 0 Å². The van der Waals surface area contributed by atoms with E-state index in [9.17, 15) is 4.79 Å². The van der Waals surface area contributed by atoms with E-state index >= 15 is 0 Å². The zero-order chi connectivity index (χ0) is 13.7. The maximum Gasteiger partial charge on any atom is 0.240 e. The van der Waals surface area contributed by atoms with Gasteiger partial charge in [-0.05, 0) is 5.56 Å². The molecule has 19 heavy (non-hydrogen) atoms. The van der Waals surface area contributed by atoms with Crippen molar-refractivity contribution in [2.75, 3.05) is 0 Å². The molecule has 0 aliphatic heterocycles. The number of nitrogens with one attached hydrogen (secondary N) is 1. The Kier molecular flexibility index (Phi) is 4.34. The Morgan fingerprint density at radius 2 is 2.05 bits per heavy atom. The molecule has 0 spiro atoms. The van der Waals surface area contributed by atoms with Crippen molar-refractivity contribution >= 4 is 5.91 Å². The minimum atomic E-state index is 0.00348. The quantitative estimate of drug-likeness (QED) is 0.893. The number of aromatic nitrogens is 2. The van der Waals surface area contributed by atoms with Gasteiger partial charge >= 0.3 is 0 Å². The molecule has 0 unspecified atom stereocenters. The van der Waals surface area contributed by atoms with Gasteiger partial charge in [0.05, 0.1) is 0 Å². The third kappa shape index (κ3) is 3.68. The lowest BCUT2D eigenvalue weighted by Crippen LogP contribution is -2.27.